The largest absolute Gasteiger partial charge is 0.452 e. The molecule has 0 radical (unpaired) electrons. The molecule has 0 unspecified atom stereocenters. The van der Waals surface area contributed by atoms with E-state index in [1.165, 1.54) is 11.8 Å². The Labute approximate surface area is 184 Å². The van der Waals surface area contributed by atoms with E-state index in [4.69, 9.17) is 14.7 Å². The van der Waals surface area contributed by atoms with Crippen molar-refractivity contribution in [2.75, 3.05) is 44.0 Å². The Kier molecular flexibility index (Phi) is 8.04. The van der Waals surface area contributed by atoms with E-state index in [1.807, 2.05) is 6.07 Å². The van der Waals surface area contributed by atoms with Crippen LogP contribution in [0.3, 0.4) is 0 Å². The van der Waals surface area contributed by atoms with Gasteiger partial charge in [-0.3, -0.25) is 9.59 Å². The van der Waals surface area contributed by atoms with Gasteiger partial charge in [0.2, 0.25) is 5.91 Å². The van der Waals surface area contributed by atoms with Crippen molar-refractivity contribution in [3.8, 4) is 6.07 Å². The summed E-state index contributed by atoms with van der Waals surface area (Å²) in [6, 6.07) is 15.4. The molecule has 1 aliphatic heterocycles. The summed E-state index contributed by atoms with van der Waals surface area (Å²) in [7, 11) is 0. The van der Waals surface area contributed by atoms with Gasteiger partial charge in [0, 0.05) is 23.7 Å². The summed E-state index contributed by atoms with van der Waals surface area (Å²) >= 11 is 1.19. The molecule has 2 aromatic rings. The van der Waals surface area contributed by atoms with Crippen LogP contribution in [0.25, 0.3) is 0 Å². The van der Waals surface area contributed by atoms with Gasteiger partial charge in [-0.05, 0) is 30.3 Å². The van der Waals surface area contributed by atoms with Crippen LogP contribution in [-0.4, -0.2) is 61.3 Å². The summed E-state index contributed by atoms with van der Waals surface area (Å²) in [5.41, 5.74) is 1.27. The molecule has 0 saturated carbocycles. The fourth-order valence-corrected chi connectivity index (χ4v) is 3.72. The number of carbonyl (C=O) groups excluding carboxylic acids is 3. The lowest BCUT2D eigenvalue weighted by atomic mass is 10.2. The second kappa shape index (κ2) is 11.2. The fraction of sp³-hybridized carbons (Fsp3) is 0.273. The number of anilines is 1. The molecule has 0 aliphatic carbocycles. The summed E-state index contributed by atoms with van der Waals surface area (Å²) in [5, 5.41) is 11.7. The molecule has 1 aliphatic rings. The third-order valence-corrected chi connectivity index (χ3v) is 5.51. The Balaban J connectivity index is 1.54. The second-order valence-electron chi connectivity index (χ2n) is 6.59. The van der Waals surface area contributed by atoms with Gasteiger partial charge in [0.15, 0.2) is 6.61 Å². The van der Waals surface area contributed by atoms with Crippen LogP contribution in [0.15, 0.2) is 53.4 Å². The number of hydrogen-bond acceptors (Lipinski definition) is 7. The minimum Gasteiger partial charge on any atom is -0.452 e. The van der Waals surface area contributed by atoms with Crippen molar-refractivity contribution in [1.29, 1.82) is 5.26 Å². The lowest BCUT2D eigenvalue weighted by Crippen LogP contribution is -2.42. The molecular weight excluding hydrogens is 418 g/mol. The van der Waals surface area contributed by atoms with E-state index in [-0.39, 0.29) is 24.2 Å². The quantitative estimate of drug-likeness (QED) is 0.521. The van der Waals surface area contributed by atoms with E-state index in [2.05, 4.69) is 5.32 Å². The Hall–Kier alpha value is -3.35. The third-order valence-electron chi connectivity index (χ3n) is 4.43. The highest BCUT2D eigenvalue weighted by Crippen LogP contribution is 2.24. The van der Waals surface area contributed by atoms with Crippen LogP contribution >= 0.6 is 11.8 Å². The van der Waals surface area contributed by atoms with E-state index in [1.54, 1.807) is 53.4 Å². The van der Waals surface area contributed by atoms with Crippen LogP contribution in [0.2, 0.25) is 0 Å². The first-order valence-corrected chi connectivity index (χ1v) is 10.6. The standard InChI is InChI=1S/C22H21N3O5S/c23-13-16-4-3-5-17(12-16)24-20(26)15-31-19-7-2-1-6-18(19)22(28)30-14-21(27)25-8-10-29-11-9-25/h1-7,12H,8-11,14-15H2,(H,24,26). The number of nitrogens with one attached hydrogen (secondary N) is 1. The molecule has 31 heavy (non-hydrogen) atoms. The molecule has 1 N–H and O–H groups in total. The highest BCUT2D eigenvalue weighted by atomic mass is 32.2. The van der Waals surface area contributed by atoms with Crippen molar-refractivity contribution < 1.29 is 23.9 Å². The van der Waals surface area contributed by atoms with Crippen LogP contribution in [0.5, 0.6) is 0 Å². The van der Waals surface area contributed by atoms with Gasteiger partial charge < -0.3 is 19.7 Å². The van der Waals surface area contributed by atoms with E-state index >= 15 is 0 Å². The number of thioether (sulfide) groups is 1. The Morgan fingerprint density at radius 3 is 2.68 bits per heavy atom. The minimum atomic E-state index is -0.619. The first-order chi connectivity index (χ1) is 15.1. The van der Waals surface area contributed by atoms with Gasteiger partial charge in [-0.1, -0.05) is 18.2 Å². The normalized spacial score (nSPS) is 13.2. The molecule has 8 nitrogen and oxygen atoms in total. The molecule has 0 spiro atoms. The molecule has 1 fully saturated rings. The fourth-order valence-electron chi connectivity index (χ4n) is 2.88. The lowest BCUT2D eigenvalue weighted by Gasteiger charge is -2.26. The molecule has 1 saturated heterocycles. The first-order valence-electron chi connectivity index (χ1n) is 9.61. The first kappa shape index (κ1) is 22.3. The molecule has 0 atom stereocenters. The average molecular weight is 439 g/mol. The molecule has 9 heteroatoms. The molecule has 160 valence electrons. The molecule has 1 heterocycles. The van der Waals surface area contributed by atoms with Crippen molar-refractivity contribution in [1.82, 2.24) is 4.90 Å². The zero-order valence-corrected chi connectivity index (χ0v) is 17.5. The predicted octanol–water partition coefficient (Wildman–Crippen LogP) is 2.30. The van der Waals surface area contributed by atoms with Gasteiger partial charge in [0.05, 0.1) is 36.2 Å². The number of ether oxygens (including phenoxy) is 2. The van der Waals surface area contributed by atoms with E-state index < -0.39 is 5.97 Å². The Morgan fingerprint density at radius 2 is 1.90 bits per heavy atom. The highest BCUT2D eigenvalue weighted by Gasteiger charge is 2.20. The van der Waals surface area contributed by atoms with Gasteiger partial charge in [0.25, 0.3) is 5.91 Å². The SMILES string of the molecule is N#Cc1cccc(NC(=O)CSc2ccccc2C(=O)OCC(=O)N2CCOCC2)c1. The number of morpholine rings is 1. The van der Waals surface area contributed by atoms with E-state index in [9.17, 15) is 14.4 Å². The third kappa shape index (κ3) is 6.57. The molecule has 0 bridgehead atoms. The maximum absolute atomic E-state index is 12.5. The smallest absolute Gasteiger partial charge is 0.339 e. The summed E-state index contributed by atoms with van der Waals surface area (Å²) in [6.07, 6.45) is 0. The second-order valence-corrected chi connectivity index (χ2v) is 7.61. The van der Waals surface area contributed by atoms with Crippen LogP contribution in [0.1, 0.15) is 15.9 Å². The predicted molar refractivity (Wildman–Crippen MR) is 115 cm³/mol. The van der Waals surface area contributed by atoms with Crippen LogP contribution in [0, 0.1) is 11.3 Å². The maximum Gasteiger partial charge on any atom is 0.339 e. The van der Waals surface area contributed by atoms with E-state index in [0.29, 0.717) is 48.0 Å². The van der Waals surface area contributed by atoms with Crippen molar-refractivity contribution in [3.05, 3.63) is 59.7 Å². The van der Waals surface area contributed by atoms with Gasteiger partial charge in [-0.25, -0.2) is 4.79 Å². The molecule has 0 aromatic heterocycles. The Morgan fingerprint density at radius 1 is 1.13 bits per heavy atom. The number of carbonyl (C=O) groups is 3. The van der Waals surface area contributed by atoms with Crippen LogP contribution in [-0.2, 0) is 19.1 Å². The minimum absolute atomic E-state index is 0.0633. The van der Waals surface area contributed by atoms with Gasteiger partial charge in [-0.15, -0.1) is 11.8 Å². The number of rotatable bonds is 7. The maximum atomic E-state index is 12.5. The van der Waals surface area contributed by atoms with Crippen LogP contribution < -0.4 is 5.32 Å². The number of nitriles is 1. The zero-order chi connectivity index (χ0) is 22.1. The summed E-state index contributed by atoms with van der Waals surface area (Å²) in [5.74, 6) is -1.09. The average Bonchev–Trinajstić information content (AvgIpc) is 2.81. The molecule has 3 rings (SSSR count). The monoisotopic (exact) mass is 439 g/mol. The molecule has 2 aromatic carbocycles. The zero-order valence-electron chi connectivity index (χ0n) is 16.7. The van der Waals surface area contributed by atoms with Gasteiger partial charge >= 0.3 is 5.97 Å². The number of benzene rings is 2. The van der Waals surface area contributed by atoms with Crippen molar-refractivity contribution >= 4 is 35.2 Å². The Bertz CT molecular complexity index is 999. The molecule has 2 amide bonds. The number of nitrogens with zero attached hydrogens (tertiary/aromatic N) is 2. The van der Waals surface area contributed by atoms with Crippen LogP contribution in [0.4, 0.5) is 5.69 Å². The topological polar surface area (TPSA) is 109 Å². The van der Waals surface area contributed by atoms with E-state index in [0.717, 1.165) is 0 Å². The van der Waals surface area contributed by atoms with Gasteiger partial charge in [-0.2, -0.15) is 5.26 Å². The van der Waals surface area contributed by atoms with Crippen molar-refractivity contribution in [2.24, 2.45) is 0 Å². The summed E-state index contributed by atoms with van der Waals surface area (Å²) in [4.78, 5) is 39.1. The van der Waals surface area contributed by atoms with Crippen molar-refractivity contribution in [3.63, 3.8) is 0 Å². The number of esters is 1. The van der Waals surface area contributed by atoms with Gasteiger partial charge in [0.1, 0.15) is 0 Å². The van der Waals surface area contributed by atoms with Crippen molar-refractivity contribution in [2.45, 2.75) is 4.90 Å². The lowest BCUT2D eigenvalue weighted by molar-refractivity contribution is -0.138. The molecular formula is C22H21N3O5S. The highest BCUT2D eigenvalue weighted by molar-refractivity contribution is 8.00. The summed E-state index contributed by atoms with van der Waals surface area (Å²) in [6.45, 7) is 1.57. The summed E-state index contributed by atoms with van der Waals surface area (Å²) < 4.78 is 10.4. The number of amides is 2. The number of hydrogen-bond donors (Lipinski definition) is 1.